The Morgan fingerprint density at radius 1 is 1.06 bits per heavy atom. The first-order chi connectivity index (χ1) is 16.9. The number of amides is 1. The molecule has 0 unspecified atom stereocenters. The number of fused-ring (bicyclic) bond motifs is 1. The number of carbonyl (C=O) groups excluding carboxylic acids is 1. The summed E-state index contributed by atoms with van der Waals surface area (Å²) in [6.07, 6.45) is 4.13. The lowest BCUT2D eigenvalue weighted by molar-refractivity contribution is 0.0126. The summed E-state index contributed by atoms with van der Waals surface area (Å²) in [7, 11) is 0. The third-order valence-electron chi connectivity index (χ3n) is 6.43. The molecule has 0 saturated carbocycles. The van der Waals surface area contributed by atoms with Crippen molar-refractivity contribution in [1.82, 2.24) is 14.8 Å². The Labute approximate surface area is 209 Å². The van der Waals surface area contributed by atoms with Gasteiger partial charge in [0.05, 0.1) is 6.61 Å². The van der Waals surface area contributed by atoms with Crippen molar-refractivity contribution in [3.05, 3.63) is 71.9 Å². The predicted octanol–water partition coefficient (Wildman–Crippen LogP) is 5.44. The largest absolute Gasteiger partial charge is 0.444 e. The zero-order valence-electron chi connectivity index (χ0n) is 21.3. The van der Waals surface area contributed by atoms with Crippen LogP contribution in [0.25, 0.3) is 10.9 Å². The number of ether oxygens (including phenoxy) is 2. The summed E-state index contributed by atoms with van der Waals surface area (Å²) in [5.74, 6) is 0.601. The molecule has 1 aliphatic rings. The van der Waals surface area contributed by atoms with Gasteiger partial charge in [0.15, 0.2) is 0 Å². The van der Waals surface area contributed by atoms with Crippen molar-refractivity contribution in [3.63, 3.8) is 0 Å². The number of aromatic nitrogens is 1. The fourth-order valence-electron chi connectivity index (χ4n) is 4.58. The molecule has 6 nitrogen and oxygen atoms in total. The molecule has 1 fully saturated rings. The van der Waals surface area contributed by atoms with Gasteiger partial charge in [0.25, 0.3) is 0 Å². The number of piperidine rings is 1. The molecule has 0 radical (unpaired) electrons. The highest BCUT2D eigenvalue weighted by molar-refractivity contribution is 5.84. The van der Waals surface area contributed by atoms with Crippen LogP contribution < -0.4 is 5.32 Å². The topological polar surface area (TPSA) is 55.7 Å². The van der Waals surface area contributed by atoms with Crippen molar-refractivity contribution in [2.75, 3.05) is 32.8 Å². The molecule has 1 aliphatic heterocycles. The van der Waals surface area contributed by atoms with Crippen LogP contribution in [0.5, 0.6) is 0 Å². The molecule has 2 aromatic carbocycles. The minimum Gasteiger partial charge on any atom is -0.444 e. The number of hydrogen-bond donors (Lipinski definition) is 1. The Morgan fingerprint density at radius 2 is 1.83 bits per heavy atom. The van der Waals surface area contributed by atoms with E-state index in [-0.39, 0.29) is 6.09 Å². The highest BCUT2D eigenvalue weighted by Crippen LogP contribution is 2.24. The van der Waals surface area contributed by atoms with E-state index >= 15 is 0 Å². The van der Waals surface area contributed by atoms with Crippen LogP contribution in [-0.4, -0.2) is 54.0 Å². The Morgan fingerprint density at radius 3 is 2.57 bits per heavy atom. The molecule has 6 heteroatoms. The smallest absolute Gasteiger partial charge is 0.410 e. The minimum absolute atomic E-state index is 0.302. The van der Waals surface area contributed by atoms with E-state index in [2.05, 4.69) is 64.6 Å². The first-order valence-corrected chi connectivity index (χ1v) is 12.8. The fraction of sp³-hybridized carbons (Fsp3) is 0.483. The Kier molecular flexibility index (Phi) is 8.47. The molecule has 35 heavy (non-hydrogen) atoms. The molecule has 1 amide bonds. The number of nitrogens with zero attached hydrogens (tertiary/aromatic N) is 2. The zero-order chi connectivity index (χ0) is 24.7. The van der Waals surface area contributed by atoms with Gasteiger partial charge >= 0.3 is 6.09 Å². The molecular weight excluding hydrogens is 438 g/mol. The van der Waals surface area contributed by atoms with Gasteiger partial charge in [-0.15, -0.1) is 0 Å². The average molecular weight is 478 g/mol. The van der Waals surface area contributed by atoms with E-state index in [1.54, 1.807) is 4.90 Å². The quantitative estimate of drug-likeness (QED) is 0.417. The van der Waals surface area contributed by atoms with Gasteiger partial charge < -0.3 is 24.3 Å². The van der Waals surface area contributed by atoms with Gasteiger partial charge in [-0.1, -0.05) is 42.5 Å². The first kappa shape index (κ1) is 25.3. The predicted molar refractivity (Wildman–Crippen MR) is 141 cm³/mol. The molecule has 0 aliphatic carbocycles. The van der Waals surface area contributed by atoms with Crippen LogP contribution in [0, 0.1) is 5.92 Å². The van der Waals surface area contributed by atoms with E-state index in [9.17, 15) is 4.79 Å². The van der Waals surface area contributed by atoms with E-state index in [0.717, 1.165) is 55.5 Å². The lowest BCUT2D eigenvalue weighted by Crippen LogP contribution is -2.38. The third kappa shape index (κ3) is 7.33. The maximum absolute atomic E-state index is 13.1. The van der Waals surface area contributed by atoms with Crippen molar-refractivity contribution in [2.45, 2.75) is 52.3 Å². The van der Waals surface area contributed by atoms with Crippen LogP contribution in [-0.2, 0) is 22.6 Å². The third-order valence-corrected chi connectivity index (χ3v) is 6.43. The van der Waals surface area contributed by atoms with Crippen LogP contribution in [0.2, 0.25) is 0 Å². The molecule has 1 saturated heterocycles. The maximum Gasteiger partial charge on any atom is 0.410 e. The second kappa shape index (κ2) is 11.7. The minimum atomic E-state index is -0.545. The van der Waals surface area contributed by atoms with Gasteiger partial charge in [0.1, 0.15) is 5.60 Å². The van der Waals surface area contributed by atoms with Crippen molar-refractivity contribution in [2.24, 2.45) is 5.92 Å². The normalized spacial score (nSPS) is 14.8. The SMILES string of the molecule is CC(C)(C)OC(=O)N(CCOCC1CCNCC1)Cc1cccc2c1ccn2Cc1ccccc1. The summed E-state index contributed by atoms with van der Waals surface area (Å²) in [6, 6.07) is 18.9. The highest BCUT2D eigenvalue weighted by atomic mass is 16.6. The molecule has 2 heterocycles. The van der Waals surface area contributed by atoms with E-state index < -0.39 is 5.60 Å². The van der Waals surface area contributed by atoms with E-state index in [0.29, 0.717) is 25.6 Å². The average Bonchev–Trinajstić information content (AvgIpc) is 3.25. The number of benzene rings is 2. The fourth-order valence-corrected chi connectivity index (χ4v) is 4.58. The number of nitrogens with one attached hydrogen (secondary N) is 1. The van der Waals surface area contributed by atoms with Gasteiger partial charge in [-0.25, -0.2) is 4.79 Å². The van der Waals surface area contributed by atoms with E-state index in [4.69, 9.17) is 9.47 Å². The van der Waals surface area contributed by atoms with Gasteiger partial charge in [-0.3, -0.25) is 0 Å². The number of rotatable bonds is 9. The summed E-state index contributed by atoms with van der Waals surface area (Å²) in [4.78, 5) is 14.9. The Bertz CT molecular complexity index is 1080. The standard InChI is InChI=1S/C29H39N3O3/c1-29(2,3)35-28(33)32(18-19-34-22-24-12-15-30-16-13-24)21-25-10-7-11-27-26(25)14-17-31(27)20-23-8-5-4-6-9-23/h4-11,14,17,24,30H,12-13,15-16,18-22H2,1-3H3. The molecule has 0 atom stereocenters. The monoisotopic (exact) mass is 477 g/mol. The molecular formula is C29H39N3O3. The zero-order valence-corrected chi connectivity index (χ0v) is 21.3. The summed E-state index contributed by atoms with van der Waals surface area (Å²) in [5, 5.41) is 4.55. The van der Waals surface area contributed by atoms with Crippen molar-refractivity contribution >= 4 is 17.0 Å². The second-order valence-electron chi connectivity index (χ2n) is 10.4. The molecule has 1 aromatic heterocycles. The molecule has 188 valence electrons. The molecule has 4 rings (SSSR count). The van der Waals surface area contributed by atoms with Crippen molar-refractivity contribution < 1.29 is 14.3 Å². The molecule has 1 N–H and O–H groups in total. The Balaban J connectivity index is 1.45. The van der Waals surface area contributed by atoms with Crippen LogP contribution in [0.1, 0.15) is 44.7 Å². The second-order valence-corrected chi connectivity index (χ2v) is 10.4. The number of carbonyl (C=O) groups is 1. The molecule has 0 bridgehead atoms. The van der Waals surface area contributed by atoms with Crippen molar-refractivity contribution in [3.8, 4) is 0 Å². The Hall–Kier alpha value is -2.83. The van der Waals surface area contributed by atoms with Gasteiger partial charge in [0, 0.05) is 43.3 Å². The van der Waals surface area contributed by atoms with Crippen LogP contribution >= 0.6 is 0 Å². The van der Waals surface area contributed by atoms with E-state index in [1.807, 2.05) is 26.8 Å². The van der Waals surface area contributed by atoms with Crippen LogP contribution in [0.15, 0.2) is 60.8 Å². The summed E-state index contributed by atoms with van der Waals surface area (Å²) < 4.78 is 14.0. The van der Waals surface area contributed by atoms with Crippen LogP contribution in [0.3, 0.4) is 0 Å². The summed E-state index contributed by atoms with van der Waals surface area (Å²) in [5.41, 5.74) is 2.99. The van der Waals surface area contributed by atoms with Gasteiger partial charge in [-0.2, -0.15) is 0 Å². The summed E-state index contributed by atoms with van der Waals surface area (Å²) in [6.45, 7) is 10.9. The van der Waals surface area contributed by atoms with Crippen LogP contribution in [0.4, 0.5) is 4.79 Å². The highest BCUT2D eigenvalue weighted by Gasteiger charge is 2.23. The van der Waals surface area contributed by atoms with E-state index in [1.165, 1.54) is 5.56 Å². The first-order valence-electron chi connectivity index (χ1n) is 12.8. The van der Waals surface area contributed by atoms with Crippen molar-refractivity contribution in [1.29, 1.82) is 0 Å². The molecule has 0 spiro atoms. The maximum atomic E-state index is 13.1. The lowest BCUT2D eigenvalue weighted by atomic mass is 9.99. The van der Waals surface area contributed by atoms with Gasteiger partial charge in [0.2, 0.25) is 0 Å². The number of hydrogen-bond acceptors (Lipinski definition) is 4. The van der Waals surface area contributed by atoms with Gasteiger partial charge in [-0.05, 0) is 75.9 Å². The summed E-state index contributed by atoms with van der Waals surface area (Å²) >= 11 is 0. The molecule has 3 aromatic rings. The lowest BCUT2D eigenvalue weighted by Gasteiger charge is -2.28.